The average Bonchev–Trinajstić information content (AvgIpc) is 2.66. The van der Waals surface area contributed by atoms with Gasteiger partial charge in [-0.15, -0.1) is 0 Å². The number of hydrogen-bond acceptors (Lipinski definition) is 4. The van der Waals surface area contributed by atoms with E-state index < -0.39 is 9.84 Å². The number of hydrogen-bond donors (Lipinski definition) is 1. The molecule has 1 N–H and O–H groups in total. The average molecular weight is 235 g/mol. The molecule has 1 unspecified atom stereocenters. The molecule has 0 aromatic rings. The van der Waals surface area contributed by atoms with Gasteiger partial charge in [0.05, 0.1) is 5.75 Å². The SMILES string of the molecule is CCS(=O)(=O)CCCN1CCC(CO)C1. The highest BCUT2D eigenvalue weighted by atomic mass is 32.2. The lowest BCUT2D eigenvalue weighted by Gasteiger charge is -2.14. The third-order valence-corrected chi connectivity index (χ3v) is 4.79. The van der Waals surface area contributed by atoms with Crippen molar-refractivity contribution in [1.82, 2.24) is 4.90 Å². The lowest BCUT2D eigenvalue weighted by Crippen LogP contribution is -2.24. The van der Waals surface area contributed by atoms with Gasteiger partial charge in [0, 0.05) is 18.9 Å². The lowest BCUT2D eigenvalue weighted by molar-refractivity contribution is 0.222. The summed E-state index contributed by atoms with van der Waals surface area (Å²) in [6, 6.07) is 0. The van der Waals surface area contributed by atoms with E-state index in [1.54, 1.807) is 6.92 Å². The molecule has 5 heteroatoms. The summed E-state index contributed by atoms with van der Waals surface area (Å²) in [4.78, 5) is 2.24. The predicted octanol–water partition coefficient (Wildman–Crippen LogP) is 0.125. The van der Waals surface area contributed by atoms with Crippen LogP contribution in [0.25, 0.3) is 0 Å². The van der Waals surface area contributed by atoms with Crippen molar-refractivity contribution in [1.29, 1.82) is 0 Å². The second-order valence-corrected chi connectivity index (χ2v) is 6.70. The van der Waals surface area contributed by atoms with E-state index in [1.165, 1.54) is 0 Å². The zero-order valence-corrected chi connectivity index (χ0v) is 10.2. The van der Waals surface area contributed by atoms with Gasteiger partial charge in [-0.1, -0.05) is 6.92 Å². The van der Waals surface area contributed by atoms with Gasteiger partial charge >= 0.3 is 0 Å². The Balaban J connectivity index is 2.17. The first-order chi connectivity index (χ1) is 7.07. The molecule has 1 aliphatic rings. The molecule has 90 valence electrons. The van der Waals surface area contributed by atoms with Crippen molar-refractivity contribution in [3.8, 4) is 0 Å². The van der Waals surface area contributed by atoms with Crippen LogP contribution in [-0.2, 0) is 9.84 Å². The molecule has 1 heterocycles. The normalized spacial score (nSPS) is 23.5. The molecule has 0 amide bonds. The maximum Gasteiger partial charge on any atom is 0.150 e. The van der Waals surface area contributed by atoms with Gasteiger partial charge in [0.15, 0.2) is 0 Å². The molecule has 0 aromatic heterocycles. The van der Waals surface area contributed by atoms with Crippen LogP contribution in [0, 0.1) is 5.92 Å². The van der Waals surface area contributed by atoms with E-state index in [2.05, 4.69) is 4.90 Å². The van der Waals surface area contributed by atoms with E-state index in [9.17, 15) is 8.42 Å². The van der Waals surface area contributed by atoms with Crippen LogP contribution in [0.15, 0.2) is 0 Å². The van der Waals surface area contributed by atoms with Crippen LogP contribution in [0.4, 0.5) is 0 Å². The molecule has 1 atom stereocenters. The first-order valence-electron chi connectivity index (χ1n) is 5.61. The summed E-state index contributed by atoms with van der Waals surface area (Å²) in [5.41, 5.74) is 0. The zero-order chi connectivity index (χ0) is 11.3. The summed E-state index contributed by atoms with van der Waals surface area (Å²) in [6.45, 7) is 4.70. The van der Waals surface area contributed by atoms with Gasteiger partial charge in [-0.2, -0.15) is 0 Å². The minimum Gasteiger partial charge on any atom is -0.396 e. The van der Waals surface area contributed by atoms with Crippen molar-refractivity contribution in [2.75, 3.05) is 37.7 Å². The van der Waals surface area contributed by atoms with Gasteiger partial charge in [-0.25, -0.2) is 8.42 Å². The van der Waals surface area contributed by atoms with Gasteiger partial charge in [0.25, 0.3) is 0 Å². The lowest BCUT2D eigenvalue weighted by atomic mass is 10.1. The van der Waals surface area contributed by atoms with E-state index in [-0.39, 0.29) is 12.4 Å². The van der Waals surface area contributed by atoms with Crippen molar-refractivity contribution in [2.24, 2.45) is 5.92 Å². The van der Waals surface area contributed by atoms with E-state index in [0.29, 0.717) is 18.1 Å². The van der Waals surface area contributed by atoms with Gasteiger partial charge in [0.1, 0.15) is 9.84 Å². The van der Waals surface area contributed by atoms with Crippen LogP contribution in [0.2, 0.25) is 0 Å². The van der Waals surface area contributed by atoms with Gasteiger partial charge in [-0.3, -0.25) is 0 Å². The van der Waals surface area contributed by atoms with E-state index in [0.717, 1.165) is 26.1 Å². The third-order valence-electron chi connectivity index (χ3n) is 3.00. The molecule has 1 aliphatic heterocycles. The molecule has 0 radical (unpaired) electrons. The van der Waals surface area contributed by atoms with Crippen LogP contribution in [0.5, 0.6) is 0 Å². The monoisotopic (exact) mass is 235 g/mol. The Kier molecular flexibility index (Phi) is 5.02. The van der Waals surface area contributed by atoms with Crippen LogP contribution < -0.4 is 0 Å². The Labute approximate surface area is 92.2 Å². The number of aliphatic hydroxyl groups excluding tert-OH is 1. The van der Waals surface area contributed by atoms with Gasteiger partial charge < -0.3 is 10.0 Å². The molecule has 0 aromatic carbocycles. The molecule has 1 fully saturated rings. The Morgan fingerprint density at radius 1 is 1.47 bits per heavy atom. The Hall–Kier alpha value is -0.130. The van der Waals surface area contributed by atoms with E-state index in [1.807, 2.05) is 0 Å². The topological polar surface area (TPSA) is 57.6 Å². The molecule has 0 aliphatic carbocycles. The fraction of sp³-hybridized carbons (Fsp3) is 1.00. The molecule has 1 saturated heterocycles. The third kappa shape index (κ3) is 4.49. The molecule has 0 bridgehead atoms. The molecule has 1 rings (SSSR count). The van der Waals surface area contributed by atoms with Crippen LogP contribution in [0.3, 0.4) is 0 Å². The first kappa shape index (κ1) is 12.9. The van der Waals surface area contributed by atoms with Crippen molar-refractivity contribution in [3.63, 3.8) is 0 Å². The standard InChI is InChI=1S/C10H21NO3S/c1-2-15(13,14)7-3-5-11-6-4-10(8-11)9-12/h10,12H,2-9H2,1H3. The smallest absolute Gasteiger partial charge is 0.150 e. The van der Waals surface area contributed by atoms with Crippen molar-refractivity contribution < 1.29 is 13.5 Å². The fourth-order valence-corrected chi connectivity index (χ4v) is 2.77. The summed E-state index contributed by atoms with van der Waals surface area (Å²) < 4.78 is 22.5. The quantitative estimate of drug-likeness (QED) is 0.711. The summed E-state index contributed by atoms with van der Waals surface area (Å²) in [5.74, 6) is 0.934. The number of likely N-dealkylation sites (tertiary alicyclic amines) is 1. The first-order valence-corrected chi connectivity index (χ1v) is 7.43. The van der Waals surface area contributed by atoms with Crippen molar-refractivity contribution in [2.45, 2.75) is 19.8 Å². The number of nitrogens with zero attached hydrogens (tertiary/aromatic N) is 1. The minimum atomic E-state index is -2.81. The molecular weight excluding hydrogens is 214 g/mol. The molecule has 15 heavy (non-hydrogen) atoms. The summed E-state index contributed by atoms with van der Waals surface area (Å²) in [5, 5.41) is 8.95. The Bertz CT molecular complexity index is 276. The maximum atomic E-state index is 11.2. The summed E-state index contributed by atoms with van der Waals surface area (Å²) in [6.07, 6.45) is 1.76. The maximum absolute atomic E-state index is 11.2. The summed E-state index contributed by atoms with van der Waals surface area (Å²) in [7, 11) is -2.81. The van der Waals surface area contributed by atoms with Crippen LogP contribution >= 0.6 is 0 Å². The Morgan fingerprint density at radius 3 is 2.73 bits per heavy atom. The Morgan fingerprint density at radius 2 is 2.20 bits per heavy atom. The predicted molar refractivity (Wildman–Crippen MR) is 60.6 cm³/mol. The van der Waals surface area contributed by atoms with Gasteiger partial charge in [-0.05, 0) is 31.8 Å². The molecular formula is C10H21NO3S. The second-order valence-electron chi connectivity index (χ2n) is 4.23. The molecule has 0 saturated carbocycles. The van der Waals surface area contributed by atoms with Crippen molar-refractivity contribution >= 4 is 9.84 Å². The van der Waals surface area contributed by atoms with Crippen molar-refractivity contribution in [3.05, 3.63) is 0 Å². The number of rotatable bonds is 6. The highest BCUT2D eigenvalue weighted by Gasteiger charge is 2.21. The zero-order valence-electron chi connectivity index (χ0n) is 9.35. The molecule has 0 spiro atoms. The fourth-order valence-electron chi connectivity index (χ4n) is 1.92. The van der Waals surface area contributed by atoms with E-state index >= 15 is 0 Å². The van der Waals surface area contributed by atoms with Crippen LogP contribution in [0.1, 0.15) is 19.8 Å². The number of aliphatic hydroxyl groups is 1. The van der Waals surface area contributed by atoms with E-state index in [4.69, 9.17) is 5.11 Å². The number of sulfone groups is 1. The second kappa shape index (κ2) is 5.82. The highest BCUT2D eigenvalue weighted by molar-refractivity contribution is 7.91. The largest absolute Gasteiger partial charge is 0.396 e. The summed E-state index contributed by atoms with van der Waals surface area (Å²) >= 11 is 0. The van der Waals surface area contributed by atoms with Gasteiger partial charge in [0.2, 0.25) is 0 Å². The van der Waals surface area contributed by atoms with Crippen LogP contribution in [-0.4, -0.2) is 56.2 Å². The highest BCUT2D eigenvalue weighted by Crippen LogP contribution is 2.15. The minimum absolute atomic E-state index is 0.242. The molecule has 4 nitrogen and oxygen atoms in total.